The number of quaternary nitrogens is 1. The van der Waals surface area contributed by atoms with E-state index in [4.69, 9.17) is 0 Å². The lowest BCUT2D eigenvalue weighted by atomic mass is 10.2. The summed E-state index contributed by atoms with van der Waals surface area (Å²) < 4.78 is 0. The lowest BCUT2D eigenvalue weighted by molar-refractivity contribution is -0.682. The van der Waals surface area contributed by atoms with Gasteiger partial charge in [-0.05, 0) is 42.8 Å². The molecule has 0 spiro atoms. The number of carbonyl (C=O) groups is 2. The Kier molecular flexibility index (Phi) is 6.98. The largest absolute Gasteiger partial charge is 0.544 e. The second kappa shape index (κ2) is 9.44. The van der Waals surface area contributed by atoms with Gasteiger partial charge in [0.2, 0.25) is 5.91 Å². The van der Waals surface area contributed by atoms with Gasteiger partial charge in [-0.15, -0.1) is 0 Å². The van der Waals surface area contributed by atoms with E-state index in [0.29, 0.717) is 12.2 Å². The van der Waals surface area contributed by atoms with Gasteiger partial charge >= 0.3 is 0 Å². The highest BCUT2D eigenvalue weighted by molar-refractivity contribution is 5.93. The summed E-state index contributed by atoms with van der Waals surface area (Å²) in [6.07, 6.45) is 0.716. The standard InChI is InChI=1S/C19H23N3O3/c1-2-12-20-17(19(24)25)13-18(23)22-16-10-8-15(9-11-16)21-14-6-4-3-5-7-14/h3-11,17,20-21H,2,12-13H2,1H3,(H,22,23)(H,24,25)/t17-/m1/s1. The Labute approximate surface area is 147 Å². The lowest BCUT2D eigenvalue weighted by Crippen LogP contribution is -2.93. The number of para-hydroxylation sites is 1. The molecule has 0 fully saturated rings. The number of hydrogen-bond donors (Lipinski definition) is 3. The third-order valence-electron chi connectivity index (χ3n) is 3.68. The first-order chi connectivity index (χ1) is 12.1. The van der Waals surface area contributed by atoms with E-state index in [2.05, 4.69) is 10.6 Å². The number of aliphatic carboxylic acids is 1. The maximum atomic E-state index is 12.0. The zero-order valence-corrected chi connectivity index (χ0v) is 14.2. The van der Waals surface area contributed by atoms with Crippen molar-refractivity contribution < 1.29 is 20.0 Å². The van der Waals surface area contributed by atoms with Crippen LogP contribution in [0.1, 0.15) is 19.8 Å². The number of amides is 1. The number of carboxylic acid groups (broad SMARTS) is 1. The molecule has 1 atom stereocenters. The van der Waals surface area contributed by atoms with E-state index in [1.165, 1.54) is 0 Å². The van der Waals surface area contributed by atoms with Crippen LogP contribution in [-0.4, -0.2) is 24.5 Å². The van der Waals surface area contributed by atoms with E-state index in [1.54, 1.807) is 17.4 Å². The van der Waals surface area contributed by atoms with Gasteiger partial charge in [0.1, 0.15) is 6.04 Å². The van der Waals surface area contributed by atoms with E-state index in [9.17, 15) is 14.7 Å². The van der Waals surface area contributed by atoms with Crippen LogP contribution < -0.4 is 21.1 Å². The molecule has 0 saturated carbocycles. The minimum Gasteiger partial charge on any atom is -0.544 e. The average Bonchev–Trinajstić information content (AvgIpc) is 2.61. The fourth-order valence-electron chi connectivity index (χ4n) is 2.37. The van der Waals surface area contributed by atoms with Gasteiger partial charge in [0.05, 0.1) is 18.9 Å². The average molecular weight is 341 g/mol. The summed E-state index contributed by atoms with van der Waals surface area (Å²) >= 11 is 0. The van der Waals surface area contributed by atoms with Crippen LogP contribution in [-0.2, 0) is 9.59 Å². The van der Waals surface area contributed by atoms with Crippen molar-refractivity contribution in [2.75, 3.05) is 17.2 Å². The third kappa shape index (κ3) is 6.27. The van der Waals surface area contributed by atoms with Gasteiger partial charge < -0.3 is 25.9 Å². The van der Waals surface area contributed by atoms with Crippen LogP contribution in [0.25, 0.3) is 0 Å². The molecular weight excluding hydrogens is 318 g/mol. The second-order valence-corrected chi connectivity index (χ2v) is 5.77. The molecule has 0 aliphatic rings. The minimum atomic E-state index is -1.22. The molecule has 0 aromatic heterocycles. The van der Waals surface area contributed by atoms with Crippen molar-refractivity contribution in [3.8, 4) is 0 Å². The Balaban J connectivity index is 1.89. The summed E-state index contributed by atoms with van der Waals surface area (Å²) in [6.45, 7) is 2.60. The molecule has 0 bridgehead atoms. The normalized spacial score (nSPS) is 11.6. The van der Waals surface area contributed by atoms with Crippen molar-refractivity contribution in [2.45, 2.75) is 25.8 Å². The maximum Gasteiger partial charge on any atom is 0.230 e. The number of nitrogens with two attached hydrogens (primary N) is 1. The highest BCUT2D eigenvalue weighted by Crippen LogP contribution is 2.18. The molecule has 2 aromatic carbocycles. The molecule has 0 saturated heterocycles. The van der Waals surface area contributed by atoms with E-state index < -0.39 is 12.0 Å². The lowest BCUT2D eigenvalue weighted by Gasteiger charge is -2.16. The van der Waals surface area contributed by atoms with Crippen LogP contribution in [0, 0.1) is 0 Å². The molecule has 0 aliphatic carbocycles. The summed E-state index contributed by atoms with van der Waals surface area (Å²) in [5.74, 6) is -1.56. The zero-order valence-electron chi connectivity index (χ0n) is 14.2. The highest BCUT2D eigenvalue weighted by atomic mass is 16.4. The molecule has 1 amide bonds. The maximum absolute atomic E-state index is 12.0. The number of hydrogen-bond acceptors (Lipinski definition) is 4. The molecule has 0 heterocycles. The molecule has 25 heavy (non-hydrogen) atoms. The first kappa shape index (κ1) is 18.5. The molecule has 0 radical (unpaired) electrons. The second-order valence-electron chi connectivity index (χ2n) is 5.77. The first-order valence-corrected chi connectivity index (χ1v) is 8.34. The number of carboxylic acids is 1. The van der Waals surface area contributed by atoms with E-state index in [1.807, 2.05) is 49.4 Å². The molecule has 2 rings (SSSR count). The van der Waals surface area contributed by atoms with Crippen molar-refractivity contribution in [2.24, 2.45) is 0 Å². The van der Waals surface area contributed by atoms with Gasteiger partial charge in [-0.25, -0.2) is 0 Å². The predicted molar refractivity (Wildman–Crippen MR) is 95.3 cm³/mol. The number of anilines is 3. The number of carbonyl (C=O) groups excluding carboxylic acids is 2. The number of nitrogens with one attached hydrogen (secondary N) is 2. The predicted octanol–water partition coefficient (Wildman–Crippen LogP) is 0.851. The summed E-state index contributed by atoms with van der Waals surface area (Å²) in [6, 6.07) is 16.1. The van der Waals surface area contributed by atoms with Crippen molar-refractivity contribution in [3.05, 3.63) is 54.6 Å². The Morgan fingerprint density at radius 1 is 1.00 bits per heavy atom. The molecule has 6 heteroatoms. The molecule has 4 N–H and O–H groups in total. The summed E-state index contributed by atoms with van der Waals surface area (Å²) in [5, 5.41) is 18.7. The minimum absolute atomic E-state index is 0.119. The quantitative estimate of drug-likeness (QED) is 0.630. The van der Waals surface area contributed by atoms with E-state index in [0.717, 1.165) is 17.8 Å². The van der Waals surface area contributed by atoms with Crippen molar-refractivity contribution in [1.29, 1.82) is 0 Å². The van der Waals surface area contributed by atoms with Gasteiger partial charge in [-0.1, -0.05) is 25.1 Å². The molecule has 2 aromatic rings. The topological polar surface area (TPSA) is 97.9 Å². The fourth-order valence-corrected chi connectivity index (χ4v) is 2.37. The van der Waals surface area contributed by atoms with Gasteiger partial charge in [-0.3, -0.25) is 4.79 Å². The van der Waals surface area contributed by atoms with Crippen LogP contribution in [0.2, 0.25) is 0 Å². The molecule has 132 valence electrons. The Morgan fingerprint density at radius 3 is 2.20 bits per heavy atom. The zero-order chi connectivity index (χ0) is 18.1. The van der Waals surface area contributed by atoms with Gasteiger partial charge in [-0.2, -0.15) is 0 Å². The molecular formula is C19H23N3O3. The molecule has 0 aliphatic heterocycles. The summed E-state index contributed by atoms with van der Waals surface area (Å²) in [5.41, 5.74) is 2.49. The number of benzene rings is 2. The Hall–Kier alpha value is -2.86. The van der Waals surface area contributed by atoms with Crippen molar-refractivity contribution in [3.63, 3.8) is 0 Å². The molecule has 6 nitrogen and oxygen atoms in total. The van der Waals surface area contributed by atoms with Crippen molar-refractivity contribution in [1.82, 2.24) is 0 Å². The first-order valence-electron chi connectivity index (χ1n) is 8.34. The van der Waals surface area contributed by atoms with Crippen LogP contribution in [0.5, 0.6) is 0 Å². The molecule has 0 unspecified atom stereocenters. The van der Waals surface area contributed by atoms with Gasteiger partial charge in [0.15, 0.2) is 0 Å². The van der Waals surface area contributed by atoms with Crippen LogP contribution in [0.15, 0.2) is 54.6 Å². The van der Waals surface area contributed by atoms with E-state index >= 15 is 0 Å². The third-order valence-corrected chi connectivity index (χ3v) is 3.68. The van der Waals surface area contributed by atoms with Gasteiger partial charge in [0, 0.05) is 17.1 Å². The van der Waals surface area contributed by atoms with Crippen LogP contribution in [0.4, 0.5) is 17.1 Å². The summed E-state index contributed by atoms with van der Waals surface area (Å²) in [4.78, 5) is 23.1. The fraction of sp³-hybridized carbons (Fsp3) is 0.263. The van der Waals surface area contributed by atoms with Gasteiger partial charge in [0.25, 0.3) is 0 Å². The monoisotopic (exact) mass is 341 g/mol. The SMILES string of the molecule is CCC[NH2+][C@H](CC(=O)Nc1ccc(Nc2ccccc2)cc1)C(=O)[O-]. The highest BCUT2D eigenvalue weighted by Gasteiger charge is 2.17. The van der Waals surface area contributed by atoms with Crippen LogP contribution >= 0.6 is 0 Å². The Bertz CT molecular complexity index is 687. The Morgan fingerprint density at radius 2 is 1.60 bits per heavy atom. The van der Waals surface area contributed by atoms with Crippen molar-refractivity contribution >= 4 is 28.9 Å². The summed E-state index contributed by atoms with van der Waals surface area (Å²) in [7, 11) is 0. The van der Waals surface area contributed by atoms with E-state index in [-0.39, 0.29) is 12.3 Å². The van der Waals surface area contributed by atoms with Crippen LogP contribution in [0.3, 0.4) is 0 Å². The number of rotatable bonds is 9. The smallest absolute Gasteiger partial charge is 0.230 e.